The summed E-state index contributed by atoms with van der Waals surface area (Å²) < 4.78 is 0. The summed E-state index contributed by atoms with van der Waals surface area (Å²) in [7, 11) is 0. The lowest BCUT2D eigenvalue weighted by Crippen LogP contribution is -2.47. The molecule has 0 saturated heterocycles. The number of tetrazole rings is 1. The van der Waals surface area contributed by atoms with Gasteiger partial charge in [-0.1, -0.05) is 63.6 Å². The average Bonchev–Trinajstić information content (AvgIpc) is 3.41. The maximum absolute atomic E-state index is 13.0. The van der Waals surface area contributed by atoms with Gasteiger partial charge >= 0.3 is 5.97 Å². The Balaban J connectivity index is 1.58. The minimum Gasteiger partial charge on any atom is -0.480 e. The van der Waals surface area contributed by atoms with Crippen LogP contribution in [0, 0.1) is 5.92 Å². The topological polar surface area (TPSA) is 125 Å². The van der Waals surface area contributed by atoms with Crippen molar-refractivity contribution in [3.05, 3.63) is 60.2 Å². The third kappa shape index (κ3) is 5.56. The number of hydrogen-bond acceptors (Lipinski definition) is 6. The molecule has 2 aromatic carbocycles. The molecule has 0 saturated carbocycles. The predicted molar refractivity (Wildman–Crippen MR) is 137 cm³/mol. The van der Waals surface area contributed by atoms with Crippen molar-refractivity contribution in [2.45, 2.75) is 52.6 Å². The number of carbonyl (C=O) groups excluding carboxylic acids is 1. The van der Waals surface area contributed by atoms with E-state index < -0.39 is 12.0 Å². The maximum Gasteiger partial charge on any atom is 0.326 e. The summed E-state index contributed by atoms with van der Waals surface area (Å²) in [6.07, 6.45) is 1.96. The third-order valence-corrected chi connectivity index (χ3v) is 6.18. The van der Waals surface area contributed by atoms with Crippen LogP contribution in [0.25, 0.3) is 33.5 Å². The molecule has 9 heteroatoms. The number of pyridine rings is 1. The van der Waals surface area contributed by atoms with E-state index in [1.165, 1.54) is 4.90 Å². The summed E-state index contributed by atoms with van der Waals surface area (Å²) in [4.78, 5) is 31.3. The molecule has 0 fully saturated rings. The molecule has 2 heterocycles. The first-order valence-electron chi connectivity index (χ1n) is 12.1. The summed E-state index contributed by atoms with van der Waals surface area (Å²) in [6, 6.07) is 16.7. The van der Waals surface area contributed by atoms with E-state index in [1.807, 2.05) is 75.4 Å². The van der Waals surface area contributed by atoms with Crippen LogP contribution in [0.3, 0.4) is 0 Å². The molecular formula is C27H30N6O3. The zero-order valence-corrected chi connectivity index (χ0v) is 20.7. The average molecular weight is 487 g/mol. The SMILES string of the molecule is CCCCC(=O)N(Cc1ccc2nc(-c3ccc(-c4nn[nH]n4)cc3)ccc2c1)C(C(=O)O)C(C)C. The van der Waals surface area contributed by atoms with E-state index in [0.29, 0.717) is 12.2 Å². The van der Waals surface area contributed by atoms with Gasteiger partial charge in [-0.05, 0) is 41.3 Å². The van der Waals surface area contributed by atoms with Crippen LogP contribution in [0.1, 0.15) is 45.6 Å². The smallest absolute Gasteiger partial charge is 0.326 e. The monoisotopic (exact) mass is 486 g/mol. The fraction of sp³-hybridized carbons (Fsp3) is 0.333. The quantitative estimate of drug-likeness (QED) is 0.332. The van der Waals surface area contributed by atoms with E-state index in [1.54, 1.807) is 0 Å². The van der Waals surface area contributed by atoms with Crippen LogP contribution >= 0.6 is 0 Å². The molecule has 36 heavy (non-hydrogen) atoms. The molecule has 9 nitrogen and oxygen atoms in total. The molecule has 1 amide bonds. The van der Waals surface area contributed by atoms with Crippen molar-refractivity contribution >= 4 is 22.8 Å². The van der Waals surface area contributed by atoms with Gasteiger partial charge in [0.15, 0.2) is 0 Å². The number of fused-ring (bicyclic) bond motifs is 1. The van der Waals surface area contributed by atoms with Crippen LogP contribution in [0.5, 0.6) is 0 Å². The van der Waals surface area contributed by atoms with E-state index in [4.69, 9.17) is 4.98 Å². The van der Waals surface area contributed by atoms with Crippen LogP contribution in [-0.4, -0.2) is 53.5 Å². The number of carboxylic acid groups (broad SMARTS) is 1. The second-order valence-electron chi connectivity index (χ2n) is 9.19. The molecule has 0 bridgehead atoms. The minimum absolute atomic E-state index is 0.129. The van der Waals surface area contributed by atoms with E-state index >= 15 is 0 Å². The Bertz CT molecular complexity index is 1340. The minimum atomic E-state index is -0.979. The third-order valence-electron chi connectivity index (χ3n) is 6.18. The molecule has 0 spiro atoms. The molecule has 4 aromatic rings. The summed E-state index contributed by atoms with van der Waals surface area (Å²) in [5, 5.41) is 24.8. The van der Waals surface area contributed by atoms with E-state index in [-0.39, 0.29) is 18.4 Å². The molecular weight excluding hydrogens is 456 g/mol. The fourth-order valence-electron chi connectivity index (χ4n) is 4.30. The first-order valence-corrected chi connectivity index (χ1v) is 12.1. The number of aliphatic carboxylic acids is 1. The number of H-pyrrole nitrogens is 1. The Morgan fingerprint density at radius 2 is 1.78 bits per heavy atom. The lowest BCUT2D eigenvalue weighted by molar-refractivity contribution is -0.153. The molecule has 1 unspecified atom stereocenters. The van der Waals surface area contributed by atoms with Gasteiger partial charge in [-0.25, -0.2) is 9.78 Å². The van der Waals surface area contributed by atoms with Crippen molar-refractivity contribution in [1.29, 1.82) is 0 Å². The maximum atomic E-state index is 13.0. The van der Waals surface area contributed by atoms with Crippen LogP contribution in [-0.2, 0) is 16.1 Å². The number of nitrogens with zero attached hydrogens (tertiary/aromatic N) is 5. The van der Waals surface area contributed by atoms with Gasteiger partial charge in [-0.15, -0.1) is 10.2 Å². The largest absolute Gasteiger partial charge is 0.480 e. The van der Waals surface area contributed by atoms with Crippen LogP contribution < -0.4 is 0 Å². The van der Waals surface area contributed by atoms with Crippen molar-refractivity contribution in [2.24, 2.45) is 5.92 Å². The number of aromatic amines is 1. The van der Waals surface area contributed by atoms with Gasteiger partial charge in [-0.2, -0.15) is 5.21 Å². The zero-order valence-electron chi connectivity index (χ0n) is 20.7. The Labute approximate surface area is 209 Å². The number of benzene rings is 2. The molecule has 0 aliphatic heterocycles. The molecule has 4 rings (SSSR count). The van der Waals surface area contributed by atoms with E-state index in [9.17, 15) is 14.7 Å². The van der Waals surface area contributed by atoms with E-state index in [0.717, 1.165) is 46.1 Å². The van der Waals surface area contributed by atoms with Gasteiger partial charge in [0.1, 0.15) is 6.04 Å². The molecule has 0 radical (unpaired) electrons. The molecule has 1 atom stereocenters. The highest BCUT2D eigenvalue weighted by Crippen LogP contribution is 2.25. The van der Waals surface area contributed by atoms with Gasteiger partial charge in [0, 0.05) is 29.5 Å². The first-order chi connectivity index (χ1) is 17.4. The van der Waals surface area contributed by atoms with Gasteiger partial charge in [0.05, 0.1) is 11.2 Å². The molecule has 0 aliphatic carbocycles. The highest BCUT2D eigenvalue weighted by molar-refractivity contribution is 5.85. The summed E-state index contributed by atoms with van der Waals surface area (Å²) >= 11 is 0. The summed E-state index contributed by atoms with van der Waals surface area (Å²) in [5.74, 6) is -0.780. The summed E-state index contributed by atoms with van der Waals surface area (Å²) in [6.45, 7) is 5.92. The number of carbonyl (C=O) groups is 2. The fourth-order valence-corrected chi connectivity index (χ4v) is 4.30. The Kier molecular flexibility index (Phi) is 7.68. The highest BCUT2D eigenvalue weighted by atomic mass is 16.4. The van der Waals surface area contributed by atoms with Crippen molar-refractivity contribution < 1.29 is 14.7 Å². The Morgan fingerprint density at radius 1 is 1.03 bits per heavy atom. The Morgan fingerprint density at radius 3 is 2.42 bits per heavy atom. The van der Waals surface area contributed by atoms with Gasteiger partial charge in [0.2, 0.25) is 11.7 Å². The van der Waals surface area contributed by atoms with Crippen molar-refractivity contribution in [2.75, 3.05) is 0 Å². The van der Waals surface area contributed by atoms with Crippen molar-refractivity contribution in [3.63, 3.8) is 0 Å². The number of unbranched alkanes of at least 4 members (excludes halogenated alkanes) is 1. The number of nitrogens with one attached hydrogen (secondary N) is 1. The predicted octanol–water partition coefficient (Wildman–Crippen LogP) is 4.71. The van der Waals surface area contributed by atoms with Gasteiger partial charge in [0.25, 0.3) is 0 Å². The van der Waals surface area contributed by atoms with Gasteiger partial charge in [-0.3, -0.25) is 4.79 Å². The van der Waals surface area contributed by atoms with Crippen LogP contribution in [0.4, 0.5) is 0 Å². The first kappa shape index (κ1) is 25.0. The highest BCUT2D eigenvalue weighted by Gasteiger charge is 2.32. The lowest BCUT2D eigenvalue weighted by Gasteiger charge is -2.32. The van der Waals surface area contributed by atoms with Crippen LogP contribution in [0.2, 0.25) is 0 Å². The van der Waals surface area contributed by atoms with Crippen molar-refractivity contribution in [3.8, 4) is 22.6 Å². The Hall–Kier alpha value is -4.14. The standard InChI is InChI=1S/C27H30N6O3/c1-4-5-6-24(34)33(25(17(2)3)27(35)36)16-18-7-13-23-21(15-18)12-14-22(28-23)19-8-10-20(11-9-19)26-29-31-32-30-26/h7-15,17,25H,4-6,16H2,1-3H3,(H,35,36)(H,29,30,31,32). The lowest BCUT2D eigenvalue weighted by atomic mass is 10.00. The normalized spacial score (nSPS) is 12.1. The van der Waals surface area contributed by atoms with E-state index in [2.05, 4.69) is 20.6 Å². The number of rotatable bonds is 10. The molecule has 186 valence electrons. The zero-order chi connectivity index (χ0) is 25.7. The second-order valence-corrected chi connectivity index (χ2v) is 9.19. The molecule has 2 N–H and O–H groups in total. The van der Waals surface area contributed by atoms with Gasteiger partial charge < -0.3 is 10.0 Å². The second kappa shape index (κ2) is 11.1. The number of carboxylic acids is 1. The van der Waals surface area contributed by atoms with Crippen molar-refractivity contribution in [1.82, 2.24) is 30.5 Å². The summed E-state index contributed by atoms with van der Waals surface area (Å²) in [5.41, 5.74) is 4.34. The molecule has 2 aromatic heterocycles. The molecule has 0 aliphatic rings. The number of hydrogen-bond donors (Lipinski definition) is 2. The number of amides is 1. The number of aromatic nitrogens is 5. The van der Waals surface area contributed by atoms with Crippen LogP contribution in [0.15, 0.2) is 54.6 Å².